The van der Waals surface area contributed by atoms with Crippen LogP contribution < -0.4 is 10.2 Å². The zero-order chi connectivity index (χ0) is 20.2. The average Bonchev–Trinajstić information content (AvgIpc) is 2.93. The van der Waals surface area contributed by atoms with Crippen LogP contribution in [-0.4, -0.2) is 35.6 Å². The first kappa shape index (κ1) is 19.1. The molecule has 1 aromatic carbocycles. The van der Waals surface area contributed by atoms with Crippen LogP contribution in [0.1, 0.15) is 53.5 Å². The van der Waals surface area contributed by atoms with E-state index in [1.807, 2.05) is 35.2 Å². The first-order chi connectivity index (χ1) is 14.1. The lowest BCUT2D eigenvalue weighted by Gasteiger charge is -2.41. The van der Waals surface area contributed by atoms with Gasteiger partial charge >= 0.3 is 0 Å². The molecular formula is C22H23IN2O4. The molecule has 3 aliphatic heterocycles. The van der Waals surface area contributed by atoms with Crippen molar-refractivity contribution in [2.75, 3.05) is 20.2 Å². The number of methoxy groups -OCH3 is 1. The van der Waals surface area contributed by atoms with Crippen molar-refractivity contribution < 1.29 is 14.3 Å². The summed E-state index contributed by atoms with van der Waals surface area (Å²) in [6, 6.07) is 9.72. The molecule has 2 aromatic rings. The van der Waals surface area contributed by atoms with E-state index in [0.29, 0.717) is 15.8 Å². The van der Waals surface area contributed by atoms with Crippen LogP contribution in [0.25, 0.3) is 0 Å². The molecule has 1 saturated heterocycles. The van der Waals surface area contributed by atoms with Gasteiger partial charge in [-0.1, -0.05) is 30.3 Å². The van der Waals surface area contributed by atoms with Crippen molar-refractivity contribution in [3.8, 4) is 5.75 Å². The Morgan fingerprint density at radius 2 is 2.00 bits per heavy atom. The zero-order valence-corrected chi connectivity index (χ0v) is 18.5. The molecule has 3 aliphatic rings. The van der Waals surface area contributed by atoms with E-state index in [-0.39, 0.29) is 35.3 Å². The fourth-order valence-corrected chi connectivity index (χ4v) is 5.98. The maximum atomic E-state index is 13.4. The summed E-state index contributed by atoms with van der Waals surface area (Å²) in [6.45, 7) is 1.67. The van der Waals surface area contributed by atoms with Crippen molar-refractivity contribution >= 4 is 28.5 Å². The van der Waals surface area contributed by atoms with Gasteiger partial charge in [0, 0.05) is 26.6 Å². The molecule has 0 N–H and O–H groups in total. The van der Waals surface area contributed by atoms with Crippen molar-refractivity contribution in [2.45, 2.75) is 43.9 Å². The Morgan fingerprint density at radius 3 is 2.76 bits per heavy atom. The van der Waals surface area contributed by atoms with Crippen LogP contribution in [-0.2, 0) is 16.9 Å². The molecule has 7 heteroatoms. The highest BCUT2D eigenvalue weighted by Gasteiger charge is 2.53. The average molecular weight is 506 g/mol. The highest BCUT2D eigenvalue weighted by molar-refractivity contribution is 14.1. The molecular weight excluding hydrogens is 483 g/mol. The molecule has 0 radical (unpaired) electrons. The number of halogens is 1. The topological polar surface area (TPSA) is 60.8 Å². The van der Waals surface area contributed by atoms with Crippen LogP contribution in [0, 0.1) is 3.57 Å². The van der Waals surface area contributed by atoms with Crippen molar-refractivity contribution in [1.82, 2.24) is 9.47 Å². The quantitative estimate of drug-likeness (QED) is 0.597. The van der Waals surface area contributed by atoms with Crippen molar-refractivity contribution in [3.05, 3.63) is 61.1 Å². The number of carbonyl (C=O) groups is 1. The largest absolute Gasteiger partial charge is 0.483 e. The molecule has 4 heterocycles. The predicted octanol–water partition coefficient (Wildman–Crippen LogP) is 3.46. The van der Waals surface area contributed by atoms with E-state index >= 15 is 0 Å². The van der Waals surface area contributed by atoms with E-state index < -0.39 is 0 Å². The Balaban J connectivity index is 1.71. The number of amides is 1. The fraction of sp³-hybridized carbons (Fsp3) is 0.455. The number of nitrogens with zero attached hydrogens (tertiary/aromatic N) is 2. The lowest BCUT2D eigenvalue weighted by Crippen LogP contribution is -2.52. The smallest absolute Gasteiger partial charge is 0.274 e. The minimum atomic E-state index is -0.214. The number of fused-ring (bicyclic) bond motifs is 1. The Kier molecular flexibility index (Phi) is 4.70. The lowest BCUT2D eigenvalue weighted by atomic mass is 9.88. The van der Waals surface area contributed by atoms with E-state index in [9.17, 15) is 9.59 Å². The second-order valence-corrected chi connectivity index (χ2v) is 9.23. The van der Waals surface area contributed by atoms with Crippen molar-refractivity contribution in [3.63, 3.8) is 0 Å². The third-order valence-corrected chi connectivity index (χ3v) is 7.50. The molecule has 1 fully saturated rings. The third kappa shape index (κ3) is 2.84. The monoisotopic (exact) mass is 506 g/mol. The molecule has 29 heavy (non-hydrogen) atoms. The van der Waals surface area contributed by atoms with Gasteiger partial charge in [0.2, 0.25) is 5.43 Å². The van der Waals surface area contributed by atoms with Gasteiger partial charge in [-0.25, -0.2) is 0 Å². The van der Waals surface area contributed by atoms with Gasteiger partial charge in [0.1, 0.15) is 12.7 Å². The van der Waals surface area contributed by atoms with E-state index in [4.69, 9.17) is 9.47 Å². The molecule has 2 atom stereocenters. The highest BCUT2D eigenvalue weighted by atomic mass is 127. The standard InChI is InChI=1S/C22H23IN2O4/c1-28-15-11-22-9-5-6-10-24(13-22)21(27)18-20(19(26)16(23)17(15)25(18)22)29-12-14-7-3-2-4-8-14/h2-4,7-8,15H,5-6,9-13H2,1H3. The summed E-state index contributed by atoms with van der Waals surface area (Å²) in [4.78, 5) is 28.6. The molecule has 0 aliphatic carbocycles. The molecule has 152 valence electrons. The normalized spacial score (nSPS) is 25.0. The number of carbonyl (C=O) groups excluding carboxylic acids is 1. The third-order valence-electron chi connectivity index (χ3n) is 6.46. The van der Waals surface area contributed by atoms with Crippen molar-refractivity contribution in [2.24, 2.45) is 0 Å². The van der Waals surface area contributed by atoms with Gasteiger partial charge in [-0.15, -0.1) is 0 Å². The van der Waals surface area contributed by atoms with Gasteiger partial charge in [-0.3, -0.25) is 9.59 Å². The van der Waals surface area contributed by atoms with Crippen LogP contribution >= 0.6 is 22.6 Å². The molecule has 2 bridgehead atoms. The maximum Gasteiger partial charge on any atom is 0.274 e. The van der Waals surface area contributed by atoms with Gasteiger partial charge in [-0.05, 0) is 47.4 Å². The van der Waals surface area contributed by atoms with Crippen LogP contribution in [0.5, 0.6) is 5.75 Å². The van der Waals surface area contributed by atoms with E-state index in [0.717, 1.165) is 43.5 Å². The number of hydrogen-bond acceptors (Lipinski definition) is 4. The van der Waals surface area contributed by atoms with Gasteiger partial charge in [0.05, 0.1) is 14.8 Å². The SMILES string of the molecule is COC1CC23CCCCN(C2)C(=O)c2c(OCc4ccccc4)c(=O)c(I)c1n23. The maximum absolute atomic E-state index is 13.4. The van der Waals surface area contributed by atoms with Crippen LogP contribution in [0.15, 0.2) is 35.1 Å². The van der Waals surface area contributed by atoms with Crippen LogP contribution in [0.3, 0.4) is 0 Å². The zero-order valence-electron chi connectivity index (χ0n) is 16.3. The second kappa shape index (κ2) is 7.12. The molecule has 1 spiro atoms. The minimum absolute atomic E-state index is 0.0999. The van der Waals surface area contributed by atoms with Gasteiger partial charge in [0.15, 0.2) is 11.4 Å². The van der Waals surface area contributed by atoms with E-state index in [1.54, 1.807) is 7.11 Å². The molecule has 2 unspecified atom stereocenters. The lowest BCUT2D eigenvalue weighted by molar-refractivity contribution is 0.0494. The minimum Gasteiger partial charge on any atom is -0.483 e. The number of aromatic nitrogens is 1. The Bertz CT molecular complexity index is 1040. The molecule has 0 saturated carbocycles. The van der Waals surface area contributed by atoms with Crippen LogP contribution in [0.2, 0.25) is 0 Å². The number of rotatable bonds is 4. The van der Waals surface area contributed by atoms with Gasteiger partial charge in [0.25, 0.3) is 5.91 Å². The summed E-state index contributed by atoms with van der Waals surface area (Å²) in [7, 11) is 1.68. The van der Waals surface area contributed by atoms with Gasteiger partial charge in [-0.2, -0.15) is 0 Å². The highest BCUT2D eigenvalue weighted by Crippen LogP contribution is 2.50. The van der Waals surface area contributed by atoms with E-state index in [2.05, 4.69) is 27.2 Å². The summed E-state index contributed by atoms with van der Waals surface area (Å²) in [5.41, 5.74) is 1.79. The number of benzene rings is 1. The van der Waals surface area contributed by atoms with Gasteiger partial charge < -0.3 is 18.9 Å². The predicted molar refractivity (Wildman–Crippen MR) is 116 cm³/mol. The molecule has 1 amide bonds. The summed E-state index contributed by atoms with van der Waals surface area (Å²) in [5.74, 6) is 0.0804. The van der Waals surface area contributed by atoms with Crippen molar-refractivity contribution in [1.29, 1.82) is 0 Å². The Labute approximate surface area is 182 Å². The van der Waals surface area contributed by atoms with E-state index in [1.165, 1.54) is 0 Å². The first-order valence-corrected chi connectivity index (χ1v) is 11.1. The summed E-state index contributed by atoms with van der Waals surface area (Å²) in [6.07, 6.45) is 3.63. The summed E-state index contributed by atoms with van der Waals surface area (Å²) in [5, 5.41) is 0. The molecule has 5 rings (SSSR count). The summed E-state index contributed by atoms with van der Waals surface area (Å²) >= 11 is 2.10. The molecule has 1 aromatic heterocycles. The number of pyridine rings is 1. The Hall–Kier alpha value is -1.87. The second-order valence-electron chi connectivity index (χ2n) is 8.15. The fourth-order valence-electron chi connectivity index (χ4n) is 5.15. The summed E-state index contributed by atoms with van der Waals surface area (Å²) < 4.78 is 14.6. The number of hydrogen-bond donors (Lipinski definition) is 0. The first-order valence-electron chi connectivity index (χ1n) is 10.0. The van der Waals surface area contributed by atoms with Crippen LogP contribution in [0.4, 0.5) is 0 Å². The number of ether oxygens (including phenoxy) is 2. The Morgan fingerprint density at radius 1 is 1.21 bits per heavy atom. The molecule has 6 nitrogen and oxygen atoms in total.